The van der Waals surface area contributed by atoms with Crippen LogP contribution in [0.5, 0.6) is 11.5 Å². The van der Waals surface area contributed by atoms with Gasteiger partial charge in [0.25, 0.3) is 0 Å². The molecule has 0 radical (unpaired) electrons. The van der Waals surface area contributed by atoms with E-state index in [2.05, 4.69) is 10.6 Å². The Balaban J connectivity index is 1.49. The zero-order valence-electron chi connectivity index (χ0n) is 20.7. The number of hydrogen-bond acceptors (Lipinski definition) is 5. The Morgan fingerprint density at radius 2 is 1.58 bits per heavy atom. The second-order valence-electron chi connectivity index (χ2n) is 8.81. The largest absolute Gasteiger partial charge is 0.497 e. The molecule has 1 aliphatic rings. The molecule has 0 spiro atoms. The van der Waals surface area contributed by atoms with Gasteiger partial charge in [0, 0.05) is 22.6 Å². The van der Waals surface area contributed by atoms with Gasteiger partial charge in [-0.2, -0.15) is 0 Å². The van der Waals surface area contributed by atoms with Crippen LogP contribution in [-0.2, 0) is 9.59 Å². The van der Waals surface area contributed by atoms with E-state index in [0.717, 1.165) is 41.8 Å². The molecule has 188 valence electrons. The molecule has 2 amide bonds. The fraction of sp³-hybridized carbons (Fsp3) is 0.310. The average molecular weight is 505 g/mol. The summed E-state index contributed by atoms with van der Waals surface area (Å²) in [5.74, 6) is 1.21. The molecule has 0 saturated heterocycles. The van der Waals surface area contributed by atoms with Crippen LogP contribution in [0.1, 0.15) is 42.9 Å². The summed E-state index contributed by atoms with van der Waals surface area (Å²) in [7, 11) is 3.15. The maximum atomic E-state index is 13.5. The van der Waals surface area contributed by atoms with Crippen LogP contribution in [0.4, 0.5) is 11.4 Å². The standard InChI is InChI=1S/C29H32N2O4S/c1-34-23-15-18-26(35-2)25(19-23)31-29(33)27(20-9-5-3-6-10-20)36-24-16-13-22(14-17-24)30-28(32)21-11-7-4-8-12-21/h3,5-6,9-10,13-19,21,27H,4,7-8,11-12H2,1-2H3,(H,30,32)(H,31,33). The molecule has 0 heterocycles. The van der Waals surface area contributed by atoms with E-state index in [4.69, 9.17) is 9.47 Å². The summed E-state index contributed by atoms with van der Waals surface area (Å²) in [6, 6.07) is 22.6. The summed E-state index contributed by atoms with van der Waals surface area (Å²) in [5, 5.41) is 5.56. The van der Waals surface area contributed by atoms with E-state index in [1.807, 2.05) is 54.6 Å². The number of carbonyl (C=O) groups is 2. The van der Waals surface area contributed by atoms with Crippen molar-refractivity contribution in [2.45, 2.75) is 42.2 Å². The minimum absolute atomic E-state index is 0.101. The number of nitrogens with one attached hydrogen (secondary N) is 2. The van der Waals surface area contributed by atoms with Crippen LogP contribution in [0, 0.1) is 5.92 Å². The highest BCUT2D eigenvalue weighted by Crippen LogP contribution is 2.38. The van der Waals surface area contributed by atoms with Crippen LogP contribution in [-0.4, -0.2) is 26.0 Å². The third-order valence-electron chi connectivity index (χ3n) is 6.36. The topological polar surface area (TPSA) is 76.7 Å². The van der Waals surface area contributed by atoms with E-state index in [1.54, 1.807) is 32.4 Å². The highest BCUT2D eigenvalue weighted by atomic mass is 32.2. The Bertz CT molecular complexity index is 1160. The molecule has 1 aliphatic carbocycles. The number of hydrogen-bond donors (Lipinski definition) is 2. The molecule has 1 unspecified atom stereocenters. The molecule has 7 heteroatoms. The summed E-state index contributed by atoms with van der Waals surface area (Å²) in [5.41, 5.74) is 2.21. The minimum atomic E-state index is -0.496. The van der Waals surface area contributed by atoms with Crippen molar-refractivity contribution in [2.24, 2.45) is 5.92 Å². The van der Waals surface area contributed by atoms with Gasteiger partial charge in [0.1, 0.15) is 16.7 Å². The molecule has 2 N–H and O–H groups in total. The van der Waals surface area contributed by atoms with E-state index in [0.29, 0.717) is 17.2 Å². The number of rotatable bonds is 9. The molecule has 0 bridgehead atoms. The highest BCUT2D eigenvalue weighted by molar-refractivity contribution is 8.00. The van der Waals surface area contributed by atoms with E-state index >= 15 is 0 Å². The zero-order valence-corrected chi connectivity index (χ0v) is 21.5. The molecular weight excluding hydrogens is 472 g/mol. The van der Waals surface area contributed by atoms with Crippen molar-refractivity contribution >= 4 is 35.0 Å². The lowest BCUT2D eigenvalue weighted by Gasteiger charge is -2.21. The Morgan fingerprint density at radius 1 is 0.861 bits per heavy atom. The number of methoxy groups -OCH3 is 2. The van der Waals surface area contributed by atoms with Gasteiger partial charge in [-0.3, -0.25) is 9.59 Å². The highest BCUT2D eigenvalue weighted by Gasteiger charge is 2.24. The van der Waals surface area contributed by atoms with Crippen LogP contribution in [0.2, 0.25) is 0 Å². The van der Waals surface area contributed by atoms with Crippen molar-refractivity contribution in [1.29, 1.82) is 0 Å². The Morgan fingerprint density at radius 3 is 2.25 bits per heavy atom. The van der Waals surface area contributed by atoms with Gasteiger partial charge < -0.3 is 20.1 Å². The van der Waals surface area contributed by atoms with Gasteiger partial charge >= 0.3 is 0 Å². The monoisotopic (exact) mass is 504 g/mol. The number of benzene rings is 3. The molecule has 0 aromatic heterocycles. The van der Waals surface area contributed by atoms with E-state index in [1.165, 1.54) is 18.2 Å². The van der Waals surface area contributed by atoms with Crippen molar-refractivity contribution in [3.63, 3.8) is 0 Å². The first-order valence-corrected chi connectivity index (χ1v) is 13.1. The first-order chi connectivity index (χ1) is 17.6. The third kappa shape index (κ3) is 6.61. The Hall–Kier alpha value is -3.45. The first-order valence-electron chi connectivity index (χ1n) is 12.2. The van der Waals surface area contributed by atoms with Crippen LogP contribution < -0.4 is 20.1 Å². The third-order valence-corrected chi connectivity index (χ3v) is 7.62. The molecule has 3 aromatic rings. The fourth-order valence-corrected chi connectivity index (χ4v) is 5.40. The maximum Gasteiger partial charge on any atom is 0.242 e. The Kier molecular flexibility index (Phi) is 8.90. The van der Waals surface area contributed by atoms with Crippen LogP contribution in [0.3, 0.4) is 0 Å². The lowest BCUT2D eigenvalue weighted by atomic mass is 9.88. The van der Waals surface area contributed by atoms with Crippen molar-refractivity contribution in [3.05, 3.63) is 78.4 Å². The van der Waals surface area contributed by atoms with Gasteiger partial charge in [-0.25, -0.2) is 0 Å². The minimum Gasteiger partial charge on any atom is -0.497 e. The maximum absolute atomic E-state index is 13.5. The van der Waals surface area contributed by atoms with Crippen LogP contribution >= 0.6 is 11.8 Å². The number of anilines is 2. The van der Waals surface area contributed by atoms with Gasteiger partial charge in [0.05, 0.1) is 19.9 Å². The van der Waals surface area contributed by atoms with E-state index < -0.39 is 5.25 Å². The summed E-state index contributed by atoms with van der Waals surface area (Å²) >= 11 is 1.45. The van der Waals surface area contributed by atoms with E-state index in [9.17, 15) is 9.59 Å². The summed E-state index contributed by atoms with van der Waals surface area (Å²) in [6.45, 7) is 0. The van der Waals surface area contributed by atoms with Crippen LogP contribution in [0.25, 0.3) is 0 Å². The summed E-state index contributed by atoms with van der Waals surface area (Å²) in [4.78, 5) is 27.0. The van der Waals surface area contributed by atoms with Gasteiger partial charge in [-0.1, -0.05) is 49.6 Å². The normalized spacial score (nSPS) is 14.5. The molecule has 1 fully saturated rings. The van der Waals surface area contributed by atoms with Gasteiger partial charge in [0.2, 0.25) is 11.8 Å². The molecule has 6 nitrogen and oxygen atoms in total. The quantitative estimate of drug-likeness (QED) is 0.317. The summed E-state index contributed by atoms with van der Waals surface area (Å²) in [6.07, 6.45) is 5.39. The number of amides is 2. The molecule has 0 aliphatic heterocycles. The molecule has 36 heavy (non-hydrogen) atoms. The second-order valence-corrected chi connectivity index (χ2v) is 9.99. The predicted molar refractivity (Wildman–Crippen MR) is 145 cm³/mol. The van der Waals surface area contributed by atoms with Crippen molar-refractivity contribution < 1.29 is 19.1 Å². The lowest BCUT2D eigenvalue weighted by molar-refractivity contribution is -0.120. The SMILES string of the molecule is COc1ccc(OC)c(NC(=O)C(Sc2ccc(NC(=O)C3CCCCC3)cc2)c2ccccc2)c1. The zero-order chi connectivity index (χ0) is 25.3. The number of carbonyl (C=O) groups excluding carboxylic acids is 2. The molecular formula is C29H32N2O4S. The van der Waals surface area contributed by atoms with Gasteiger partial charge in [0.15, 0.2) is 0 Å². The number of thioether (sulfide) groups is 1. The average Bonchev–Trinajstić information content (AvgIpc) is 2.93. The van der Waals surface area contributed by atoms with Gasteiger partial charge in [-0.15, -0.1) is 11.8 Å². The first kappa shape index (κ1) is 25.6. The van der Waals surface area contributed by atoms with Crippen molar-refractivity contribution in [2.75, 3.05) is 24.9 Å². The van der Waals surface area contributed by atoms with Crippen LogP contribution in [0.15, 0.2) is 77.7 Å². The number of ether oxygens (including phenoxy) is 2. The molecule has 3 aromatic carbocycles. The molecule has 4 rings (SSSR count). The fourth-order valence-electron chi connectivity index (χ4n) is 4.37. The van der Waals surface area contributed by atoms with Crippen molar-refractivity contribution in [3.8, 4) is 11.5 Å². The Labute approximate surface area is 216 Å². The van der Waals surface area contributed by atoms with E-state index in [-0.39, 0.29) is 17.7 Å². The lowest BCUT2D eigenvalue weighted by Crippen LogP contribution is -2.24. The van der Waals surface area contributed by atoms with Crippen molar-refractivity contribution in [1.82, 2.24) is 0 Å². The second kappa shape index (κ2) is 12.5. The molecule has 1 atom stereocenters. The smallest absolute Gasteiger partial charge is 0.242 e. The summed E-state index contributed by atoms with van der Waals surface area (Å²) < 4.78 is 10.7. The molecule has 1 saturated carbocycles. The predicted octanol–water partition coefficient (Wildman–Crippen LogP) is 6.69. The van der Waals surface area contributed by atoms with Gasteiger partial charge in [-0.05, 0) is 54.8 Å².